The summed E-state index contributed by atoms with van der Waals surface area (Å²) in [5.41, 5.74) is 0. The van der Waals surface area contributed by atoms with Crippen LogP contribution in [0.25, 0.3) is 0 Å². The van der Waals surface area contributed by atoms with E-state index in [9.17, 15) is 9.59 Å². The first kappa shape index (κ1) is 18.5. The molecule has 4 heteroatoms. The van der Waals surface area contributed by atoms with Crippen molar-refractivity contribution in [1.29, 1.82) is 0 Å². The molecule has 0 aliphatic rings. The first-order valence-electron chi connectivity index (χ1n) is 7.21. The third-order valence-electron chi connectivity index (χ3n) is 2.97. The molecule has 2 atom stereocenters. The van der Waals surface area contributed by atoms with Gasteiger partial charge in [0.25, 0.3) is 0 Å². The molecule has 0 saturated carbocycles. The topological polar surface area (TPSA) is 52.6 Å². The Hall–Kier alpha value is -1.50. The quantitative estimate of drug-likeness (QED) is 0.507. The Bertz CT molecular complexity index is 362. The molecule has 0 aromatic rings. The molecular formula is C16H26O4. The van der Waals surface area contributed by atoms with Gasteiger partial charge in [-0.25, -0.2) is 0 Å². The molecule has 4 nitrogen and oxygen atoms in total. The van der Waals surface area contributed by atoms with Crippen molar-refractivity contribution in [2.45, 2.75) is 72.5 Å². The minimum absolute atomic E-state index is 0.0984. The van der Waals surface area contributed by atoms with Crippen LogP contribution in [0.5, 0.6) is 0 Å². The number of esters is 2. The standard InChI is InChI=1S/C16H26O4/c1-6-9-14(7-2)20-16(18)11-8-10-15(17)19-13(5)12(3)4/h12-14H,7-8,10-11H2,1-5H3. The zero-order valence-electron chi connectivity index (χ0n) is 13.2. The Morgan fingerprint density at radius 1 is 1.05 bits per heavy atom. The monoisotopic (exact) mass is 282 g/mol. The summed E-state index contributed by atoms with van der Waals surface area (Å²) in [6, 6.07) is 0. The van der Waals surface area contributed by atoms with Gasteiger partial charge in [0.05, 0.1) is 0 Å². The average molecular weight is 282 g/mol. The fraction of sp³-hybridized carbons (Fsp3) is 0.750. The van der Waals surface area contributed by atoms with Crippen molar-refractivity contribution in [3.63, 3.8) is 0 Å². The second kappa shape index (κ2) is 10.3. The van der Waals surface area contributed by atoms with E-state index in [-0.39, 0.29) is 37.0 Å². The molecule has 0 aromatic carbocycles. The van der Waals surface area contributed by atoms with E-state index in [1.54, 1.807) is 6.92 Å². The lowest BCUT2D eigenvalue weighted by molar-refractivity contribution is -0.151. The van der Waals surface area contributed by atoms with Crippen LogP contribution in [0, 0.1) is 17.8 Å². The average Bonchev–Trinajstić information content (AvgIpc) is 2.37. The van der Waals surface area contributed by atoms with E-state index >= 15 is 0 Å². The van der Waals surface area contributed by atoms with Crippen LogP contribution in [0.15, 0.2) is 0 Å². The summed E-state index contributed by atoms with van der Waals surface area (Å²) in [4.78, 5) is 23.1. The van der Waals surface area contributed by atoms with Crippen LogP contribution in [0.4, 0.5) is 0 Å². The molecule has 0 heterocycles. The Labute approximate surface area is 122 Å². The molecule has 114 valence electrons. The predicted molar refractivity (Wildman–Crippen MR) is 77.9 cm³/mol. The Kier molecular flexibility index (Phi) is 9.53. The zero-order valence-corrected chi connectivity index (χ0v) is 13.2. The largest absolute Gasteiger partial charge is 0.462 e. The van der Waals surface area contributed by atoms with Gasteiger partial charge in [-0.2, -0.15) is 0 Å². The van der Waals surface area contributed by atoms with Crippen molar-refractivity contribution < 1.29 is 19.1 Å². The van der Waals surface area contributed by atoms with Crippen molar-refractivity contribution >= 4 is 11.9 Å². The molecule has 0 rings (SSSR count). The molecule has 0 aromatic heterocycles. The zero-order chi connectivity index (χ0) is 15.5. The van der Waals surface area contributed by atoms with E-state index in [0.717, 1.165) is 0 Å². The lowest BCUT2D eigenvalue weighted by Crippen LogP contribution is -2.20. The summed E-state index contributed by atoms with van der Waals surface area (Å²) in [5, 5.41) is 0. The highest BCUT2D eigenvalue weighted by atomic mass is 16.5. The molecule has 0 spiro atoms. The number of hydrogen-bond donors (Lipinski definition) is 0. The third kappa shape index (κ3) is 8.58. The Morgan fingerprint density at radius 2 is 1.60 bits per heavy atom. The van der Waals surface area contributed by atoms with Gasteiger partial charge in [-0.05, 0) is 32.6 Å². The van der Waals surface area contributed by atoms with Gasteiger partial charge in [-0.1, -0.05) is 26.7 Å². The maximum Gasteiger partial charge on any atom is 0.307 e. The number of ether oxygens (including phenoxy) is 2. The van der Waals surface area contributed by atoms with Crippen molar-refractivity contribution in [1.82, 2.24) is 0 Å². The van der Waals surface area contributed by atoms with Crippen LogP contribution in [-0.4, -0.2) is 24.1 Å². The van der Waals surface area contributed by atoms with Gasteiger partial charge in [0.15, 0.2) is 6.10 Å². The molecule has 0 fully saturated rings. The lowest BCUT2D eigenvalue weighted by atomic mass is 10.1. The fourth-order valence-corrected chi connectivity index (χ4v) is 1.37. The SMILES string of the molecule is CC#CC(CC)OC(=O)CCCC(=O)OC(C)C(C)C. The molecule has 0 N–H and O–H groups in total. The van der Waals surface area contributed by atoms with Gasteiger partial charge in [0.1, 0.15) is 6.10 Å². The van der Waals surface area contributed by atoms with E-state index in [4.69, 9.17) is 9.47 Å². The maximum absolute atomic E-state index is 11.6. The highest BCUT2D eigenvalue weighted by Gasteiger charge is 2.14. The van der Waals surface area contributed by atoms with Crippen LogP contribution >= 0.6 is 0 Å². The molecule has 0 amide bonds. The number of carbonyl (C=O) groups is 2. The minimum atomic E-state index is -0.347. The van der Waals surface area contributed by atoms with Crippen LogP contribution in [0.1, 0.15) is 60.3 Å². The van der Waals surface area contributed by atoms with Gasteiger partial charge in [-0.3, -0.25) is 9.59 Å². The van der Waals surface area contributed by atoms with Crippen molar-refractivity contribution in [3.8, 4) is 11.8 Å². The fourth-order valence-electron chi connectivity index (χ4n) is 1.37. The first-order chi connectivity index (χ1) is 9.40. The highest BCUT2D eigenvalue weighted by molar-refractivity contribution is 5.72. The van der Waals surface area contributed by atoms with E-state index in [1.807, 2.05) is 27.7 Å². The van der Waals surface area contributed by atoms with E-state index in [1.165, 1.54) is 0 Å². The minimum Gasteiger partial charge on any atom is -0.462 e. The molecule has 0 bridgehead atoms. The van der Waals surface area contributed by atoms with E-state index in [0.29, 0.717) is 18.8 Å². The molecule has 0 radical (unpaired) electrons. The second-order valence-electron chi connectivity index (χ2n) is 5.07. The van der Waals surface area contributed by atoms with Gasteiger partial charge < -0.3 is 9.47 Å². The predicted octanol–water partition coefficient (Wildman–Crippen LogP) is 3.09. The van der Waals surface area contributed by atoms with Crippen molar-refractivity contribution in [3.05, 3.63) is 0 Å². The summed E-state index contributed by atoms with van der Waals surface area (Å²) >= 11 is 0. The van der Waals surface area contributed by atoms with Crippen molar-refractivity contribution in [2.75, 3.05) is 0 Å². The summed E-state index contributed by atoms with van der Waals surface area (Å²) in [6.07, 6.45) is 1.12. The Balaban J connectivity index is 3.90. The second-order valence-corrected chi connectivity index (χ2v) is 5.07. The number of hydrogen-bond acceptors (Lipinski definition) is 4. The maximum atomic E-state index is 11.6. The van der Waals surface area contributed by atoms with E-state index < -0.39 is 0 Å². The van der Waals surface area contributed by atoms with Crippen LogP contribution < -0.4 is 0 Å². The lowest BCUT2D eigenvalue weighted by Gasteiger charge is -2.16. The molecule has 0 saturated heterocycles. The summed E-state index contributed by atoms with van der Waals surface area (Å²) < 4.78 is 10.4. The van der Waals surface area contributed by atoms with Crippen molar-refractivity contribution in [2.24, 2.45) is 5.92 Å². The van der Waals surface area contributed by atoms with Gasteiger partial charge in [-0.15, -0.1) is 5.92 Å². The van der Waals surface area contributed by atoms with Gasteiger partial charge in [0.2, 0.25) is 0 Å². The van der Waals surface area contributed by atoms with Crippen LogP contribution in [0.2, 0.25) is 0 Å². The molecular weight excluding hydrogens is 256 g/mol. The normalized spacial score (nSPS) is 13.1. The molecule has 2 unspecified atom stereocenters. The van der Waals surface area contributed by atoms with Crippen LogP contribution in [0.3, 0.4) is 0 Å². The number of carbonyl (C=O) groups excluding carboxylic acids is 2. The summed E-state index contributed by atoms with van der Waals surface area (Å²) in [5.74, 6) is 5.26. The first-order valence-corrected chi connectivity index (χ1v) is 7.21. The van der Waals surface area contributed by atoms with E-state index in [2.05, 4.69) is 11.8 Å². The molecule has 20 heavy (non-hydrogen) atoms. The van der Waals surface area contributed by atoms with Gasteiger partial charge in [0, 0.05) is 12.8 Å². The smallest absolute Gasteiger partial charge is 0.307 e. The summed E-state index contributed by atoms with van der Waals surface area (Å²) in [7, 11) is 0. The van der Waals surface area contributed by atoms with Gasteiger partial charge >= 0.3 is 11.9 Å². The molecule has 0 aliphatic heterocycles. The third-order valence-corrected chi connectivity index (χ3v) is 2.97. The highest BCUT2D eigenvalue weighted by Crippen LogP contribution is 2.09. The number of rotatable bonds is 8. The molecule has 0 aliphatic carbocycles. The Morgan fingerprint density at radius 3 is 2.05 bits per heavy atom. The van der Waals surface area contributed by atoms with Crippen LogP contribution in [-0.2, 0) is 19.1 Å². The summed E-state index contributed by atoms with van der Waals surface area (Å²) in [6.45, 7) is 9.48.